The molecule has 1 aromatic carbocycles. The maximum atomic E-state index is 13.1. The maximum absolute atomic E-state index is 13.1. The standard InChI is InChI=1S/C16H24ClFN2/c1-12(2)20(11-15-5-3-4-8-19-15)10-13-6-7-14(18)9-16(13)17/h6-7,9,12,15,19H,3-5,8,10-11H2,1-2H3. The number of piperidine rings is 1. The van der Waals surface area contributed by atoms with Gasteiger partial charge in [0, 0.05) is 30.2 Å². The Kier molecular flexibility index (Phi) is 5.82. The largest absolute Gasteiger partial charge is 0.313 e. The molecule has 1 aromatic rings. The normalized spacial score (nSPS) is 19.8. The second kappa shape index (κ2) is 7.39. The maximum Gasteiger partial charge on any atom is 0.124 e. The summed E-state index contributed by atoms with van der Waals surface area (Å²) < 4.78 is 13.1. The van der Waals surface area contributed by atoms with E-state index in [0.29, 0.717) is 17.1 Å². The molecule has 0 saturated carbocycles. The van der Waals surface area contributed by atoms with Gasteiger partial charge in [0.15, 0.2) is 0 Å². The summed E-state index contributed by atoms with van der Waals surface area (Å²) in [7, 11) is 0. The van der Waals surface area contributed by atoms with E-state index in [1.54, 1.807) is 6.07 Å². The van der Waals surface area contributed by atoms with Crippen molar-refractivity contribution >= 4 is 11.6 Å². The van der Waals surface area contributed by atoms with E-state index in [0.717, 1.165) is 25.2 Å². The lowest BCUT2D eigenvalue weighted by Gasteiger charge is -2.33. The summed E-state index contributed by atoms with van der Waals surface area (Å²) in [4.78, 5) is 2.40. The lowest BCUT2D eigenvalue weighted by atomic mass is 10.0. The predicted octanol–water partition coefficient (Wildman–Crippen LogP) is 3.83. The first kappa shape index (κ1) is 15.7. The van der Waals surface area contributed by atoms with Gasteiger partial charge >= 0.3 is 0 Å². The van der Waals surface area contributed by atoms with Crippen LogP contribution >= 0.6 is 11.6 Å². The molecule has 1 unspecified atom stereocenters. The number of nitrogens with zero attached hydrogens (tertiary/aromatic N) is 1. The Morgan fingerprint density at radius 1 is 1.40 bits per heavy atom. The van der Waals surface area contributed by atoms with E-state index < -0.39 is 0 Å². The number of hydrogen-bond acceptors (Lipinski definition) is 2. The van der Waals surface area contributed by atoms with Crippen LogP contribution in [-0.2, 0) is 6.54 Å². The van der Waals surface area contributed by atoms with Crippen LogP contribution in [0.2, 0.25) is 5.02 Å². The first-order valence-electron chi connectivity index (χ1n) is 7.47. The Hall–Kier alpha value is -0.640. The molecule has 112 valence electrons. The third kappa shape index (κ3) is 4.44. The molecule has 1 N–H and O–H groups in total. The lowest BCUT2D eigenvalue weighted by Crippen LogP contribution is -2.45. The lowest BCUT2D eigenvalue weighted by molar-refractivity contribution is 0.177. The zero-order valence-electron chi connectivity index (χ0n) is 12.3. The minimum Gasteiger partial charge on any atom is -0.313 e. The van der Waals surface area contributed by atoms with Gasteiger partial charge in [0.25, 0.3) is 0 Å². The fraction of sp³-hybridized carbons (Fsp3) is 0.625. The van der Waals surface area contributed by atoms with Gasteiger partial charge < -0.3 is 5.32 Å². The molecule has 0 aromatic heterocycles. The average molecular weight is 299 g/mol. The molecule has 1 aliphatic heterocycles. The van der Waals surface area contributed by atoms with Gasteiger partial charge in [-0.15, -0.1) is 0 Å². The van der Waals surface area contributed by atoms with E-state index in [9.17, 15) is 4.39 Å². The van der Waals surface area contributed by atoms with Gasteiger partial charge in [0.2, 0.25) is 0 Å². The molecule has 1 saturated heterocycles. The van der Waals surface area contributed by atoms with Crippen LogP contribution in [0.5, 0.6) is 0 Å². The van der Waals surface area contributed by atoms with Crippen molar-refractivity contribution in [3.8, 4) is 0 Å². The van der Waals surface area contributed by atoms with E-state index in [-0.39, 0.29) is 5.82 Å². The second-order valence-electron chi connectivity index (χ2n) is 5.91. The van der Waals surface area contributed by atoms with Gasteiger partial charge in [-0.2, -0.15) is 0 Å². The van der Waals surface area contributed by atoms with Gasteiger partial charge in [-0.25, -0.2) is 4.39 Å². The molecule has 0 radical (unpaired) electrons. The number of halogens is 2. The van der Waals surface area contributed by atoms with Crippen LogP contribution in [-0.4, -0.2) is 30.1 Å². The summed E-state index contributed by atoms with van der Waals surface area (Å²) >= 11 is 6.14. The quantitative estimate of drug-likeness (QED) is 0.889. The molecular formula is C16H24ClFN2. The van der Waals surface area contributed by atoms with E-state index in [4.69, 9.17) is 11.6 Å². The summed E-state index contributed by atoms with van der Waals surface area (Å²) in [5.74, 6) is -0.274. The first-order chi connectivity index (χ1) is 9.56. The molecule has 4 heteroatoms. The Labute approximate surface area is 126 Å². The SMILES string of the molecule is CC(C)N(Cc1ccc(F)cc1Cl)CC1CCCCN1. The van der Waals surface area contributed by atoms with Crippen molar-refractivity contribution in [3.63, 3.8) is 0 Å². The van der Waals surface area contributed by atoms with Crippen LogP contribution in [0.15, 0.2) is 18.2 Å². The molecule has 0 amide bonds. The number of nitrogens with one attached hydrogen (secondary N) is 1. The van der Waals surface area contributed by atoms with Crippen LogP contribution in [0.1, 0.15) is 38.7 Å². The minimum absolute atomic E-state index is 0.274. The zero-order chi connectivity index (χ0) is 14.5. The van der Waals surface area contributed by atoms with E-state index >= 15 is 0 Å². The minimum atomic E-state index is -0.274. The molecule has 2 nitrogen and oxygen atoms in total. The van der Waals surface area contributed by atoms with E-state index in [1.165, 1.54) is 31.4 Å². The van der Waals surface area contributed by atoms with Gasteiger partial charge in [-0.05, 0) is 50.9 Å². The van der Waals surface area contributed by atoms with Crippen LogP contribution in [0.4, 0.5) is 4.39 Å². The van der Waals surface area contributed by atoms with E-state index in [2.05, 4.69) is 24.1 Å². The highest BCUT2D eigenvalue weighted by Gasteiger charge is 2.19. The third-order valence-corrected chi connectivity index (χ3v) is 4.34. The van der Waals surface area contributed by atoms with Crippen molar-refractivity contribution in [2.24, 2.45) is 0 Å². The Morgan fingerprint density at radius 2 is 2.20 bits per heavy atom. The van der Waals surface area contributed by atoms with Crippen LogP contribution in [0.3, 0.4) is 0 Å². The molecule has 20 heavy (non-hydrogen) atoms. The molecule has 1 heterocycles. The zero-order valence-corrected chi connectivity index (χ0v) is 13.1. The molecule has 1 fully saturated rings. The van der Waals surface area contributed by atoms with Crippen molar-refractivity contribution in [1.82, 2.24) is 10.2 Å². The van der Waals surface area contributed by atoms with Crippen LogP contribution in [0, 0.1) is 5.82 Å². The van der Waals surface area contributed by atoms with Gasteiger partial charge in [0.05, 0.1) is 0 Å². The highest BCUT2D eigenvalue weighted by Crippen LogP contribution is 2.21. The molecule has 2 rings (SSSR count). The Bertz CT molecular complexity index is 430. The van der Waals surface area contributed by atoms with E-state index in [1.807, 2.05) is 0 Å². The summed E-state index contributed by atoms with van der Waals surface area (Å²) in [5.41, 5.74) is 0.998. The van der Waals surface area contributed by atoms with Gasteiger partial charge in [0.1, 0.15) is 5.82 Å². The summed E-state index contributed by atoms with van der Waals surface area (Å²) in [5, 5.41) is 4.10. The summed E-state index contributed by atoms with van der Waals surface area (Å²) in [6.45, 7) is 7.30. The van der Waals surface area contributed by atoms with Crippen molar-refractivity contribution in [2.45, 2.75) is 51.7 Å². The summed E-state index contributed by atoms with van der Waals surface area (Å²) in [6.07, 6.45) is 3.82. The average Bonchev–Trinajstić information content (AvgIpc) is 2.42. The van der Waals surface area contributed by atoms with Gasteiger partial charge in [-0.3, -0.25) is 4.90 Å². The smallest absolute Gasteiger partial charge is 0.124 e. The highest BCUT2D eigenvalue weighted by molar-refractivity contribution is 6.31. The predicted molar refractivity (Wildman–Crippen MR) is 82.6 cm³/mol. The van der Waals surface area contributed by atoms with Crippen LogP contribution < -0.4 is 5.32 Å². The first-order valence-corrected chi connectivity index (χ1v) is 7.85. The summed E-state index contributed by atoms with van der Waals surface area (Å²) in [6, 6.07) is 5.68. The van der Waals surface area contributed by atoms with Crippen molar-refractivity contribution < 1.29 is 4.39 Å². The molecule has 0 bridgehead atoms. The number of benzene rings is 1. The Morgan fingerprint density at radius 3 is 2.80 bits per heavy atom. The van der Waals surface area contributed by atoms with Crippen LogP contribution in [0.25, 0.3) is 0 Å². The molecular weight excluding hydrogens is 275 g/mol. The fourth-order valence-electron chi connectivity index (χ4n) is 2.69. The highest BCUT2D eigenvalue weighted by atomic mass is 35.5. The fourth-order valence-corrected chi connectivity index (χ4v) is 2.92. The third-order valence-electron chi connectivity index (χ3n) is 3.99. The van der Waals surface area contributed by atoms with Crippen molar-refractivity contribution in [3.05, 3.63) is 34.6 Å². The number of hydrogen-bond donors (Lipinski definition) is 1. The second-order valence-corrected chi connectivity index (χ2v) is 6.31. The molecule has 1 aliphatic rings. The molecule has 1 atom stereocenters. The monoisotopic (exact) mass is 298 g/mol. The molecule has 0 aliphatic carbocycles. The topological polar surface area (TPSA) is 15.3 Å². The Balaban J connectivity index is 2.01. The molecule has 0 spiro atoms. The van der Waals surface area contributed by atoms with Crippen molar-refractivity contribution in [1.29, 1.82) is 0 Å². The van der Waals surface area contributed by atoms with Gasteiger partial charge in [-0.1, -0.05) is 24.1 Å². The number of rotatable bonds is 5. The van der Waals surface area contributed by atoms with Crippen molar-refractivity contribution in [2.75, 3.05) is 13.1 Å².